The van der Waals surface area contributed by atoms with Gasteiger partial charge in [0.15, 0.2) is 14.5 Å². The van der Waals surface area contributed by atoms with Crippen molar-refractivity contribution >= 4 is 39.6 Å². The fourth-order valence-electron chi connectivity index (χ4n) is 7.39. The fraction of sp³-hybridized carbons (Fsp3) is 0.629. The molecule has 3 aliphatic rings. The normalized spacial score (nSPS) is 25.4. The summed E-state index contributed by atoms with van der Waals surface area (Å²) in [4.78, 5) is 25.1. The minimum Gasteiger partial charge on any atom is -0.407 e. The summed E-state index contributed by atoms with van der Waals surface area (Å²) in [5.41, 5.74) is 2.51. The van der Waals surface area contributed by atoms with Gasteiger partial charge in [-0.15, -0.1) is 0 Å². The summed E-state index contributed by atoms with van der Waals surface area (Å²) in [7, 11) is -5.09. The molecule has 3 aromatic rings. The van der Waals surface area contributed by atoms with Crippen LogP contribution >= 0.6 is 0 Å². The number of nitrogens with zero attached hydrogens (tertiary/aromatic N) is 4. The first-order chi connectivity index (χ1) is 21.4. The van der Waals surface area contributed by atoms with Gasteiger partial charge in [0.1, 0.15) is 36.1 Å². The Morgan fingerprint density at radius 1 is 1.00 bits per heavy atom. The highest BCUT2D eigenvalue weighted by atomic mass is 28.4. The zero-order valence-electron chi connectivity index (χ0n) is 29.5. The fourth-order valence-corrected chi connectivity index (χ4v) is 13.6. The molecule has 2 fully saturated rings. The Morgan fingerprint density at radius 3 is 2.30 bits per heavy atom. The number of carbonyl (C=O) groups is 1. The van der Waals surface area contributed by atoms with Crippen molar-refractivity contribution in [1.82, 2.24) is 14.5 Å². The standard InChI is InChI=1S/C35H52N4O5Si2/c1-33(2,3)45(10,11)43-28-27-25(21-41-46(44-27,34(4,5)6)35(7,8)9)42-32(28)39-20-24-18-15-19-38(29-26(24)30(39)37-22-36-29)31(40)23-16-13-12-14-17-23/h12-14,16-17,20,22,25,27-28,32H,15,18-19,21H2,1-11H3/t25-,27-,28-,32-/m0/s1. The van der Waals surface area contributed by atoms with Crippen LogP contribution in [-0.4, -0.2) is 68.8 Å². The van der Waals surface area contributed by atoms with Crippen LogP contribution in [0, 0.1) is 0 Å². The zero-order chi connectivity index (χ0) is 33.4. The Hall–Kier alpha value is -2.42. The van der Waals surface area contributed by atoms with E-state index in [1.165, 1.54) is 0 Å². The number of aromatic nitrogens is 3. The zero-order valence-corrected chi connectivity index (χ0v) is 31.5. The molecule has 0 N–H and O–H groups in total. The molecule has 0 unspecified atom stereocenters. The monoisotopic (exact) mass is 664 g/mol. The van der Waals surface area contributed by atoms with Crippen LogP contribution in [-0.2, 0) is 24.4 Å². The van der Waals surface area contributed by atoms with Crippen molar-refractivity contribution in [3.05, 3.63) is 54.0 Å². The number of benzene rings is 1. The van der Waals surface area contributed by atoms with Gasteiger partial charge in [-0.05, 0) is 48.7 Å². The lowest BCUT2D eigenvalue weighted by atomic mass is 10.1. The molecule has 11 heteroatoms. The van der Waals surface area contributed by atoms with Crippen LogP contribution in [0.25, 0.3) is 11.0 Å². The molecule has 9 nitrogen and oxygen atoms in total. The van der Waals surface area contributed by atoms with Gasteiger partial charge in [-0.1, -0.05) is 80.5 Å². The van der Waals surface area contributed by atoms with Gasteiger partial charge in [0.25, 0.3) is 5.91 Å². The third-order valence-corrected chi connectivity index (χ3v) is 20.1. The van der Waals surface area contributed by atoms with E-state index in [1.807, 2.05) is 35.2 Å². The average Bonchev–Trinajstić information content (AvgIpc) is 3.44. The summed E-state index contributed by atoms with van der Waals surface area (Å²) in [5.74, 6) is 0.591. The number of anilines is 1. The van der Waals surface area contributed by atoms with Gasteiger partial charge in [-0.25, -0.2) is 9.97 Å². The highest BCUT2D eigenvalue weighted by molar-refractivity contribution is 6.74. The minimum absolute atomic E-state index is 0.0121. The molecule has 4 atom stereocenters. The van der Waals surface area contributed by atoms with Crippen LogP contribution in [0.15, 0.2) is 42.9 Å². The van der Waals surface area contributed by atoms with E-state index in [4.69, 9.17) is 28.0 Å². The van der Waals surface area contributed by atoms with Gasteiger partial charge < -0.3 is 22.6 Å². The van der Waals surface area contributed by atoms with Crippen molar-refractivity contribution in [2.45, 2.75) is 128 Å². The molecule has 0 radical (unpaired) electrons. The SMILES string of the molecule is CC(C)(C)[Si](C)(C)O[C@H]1[C@H]2O[Si](C(C)(C)C)(C(C)(C)C)OC[C@@H]2O[C@@H]1n1cc2c3c(ncnc31)N(C(=O)c1ccccc1)CCC2. The van der Waals surface area contributed by atoms with E-state index in [1.54, 1.807) is 6.33 Å². The maximum atomic E-state index is 13.8. The average molecular weight is 665 g/mol. The number of hydrogen-bond acceptors (Lipinski definition) is 7. The Labute approximate surface area is 276 Å². The van der Waals surface area contributed by atoms with E-state index in [9.17, 15) is 4.79 Å². The number of rotatable bonds is 4. The maximum absolute atomic E-state index is 13.8. The molecular formula is C35H52N4O5Si2. The van der Waals surface area contributed by atoms with Crippen molar-refractivity contribution in [3.8, 4) is 0 Å². The van der Waals surface area contributed by atoms with Crippen LogP contribution in [0.2, 0.25) is 28.2 Å². The van der Waals surface area contributed by atoms with Crippen molar-refractivity contribution < 1.29 is 22.8 Å². The third-order valence-electron chi connectivity index (χ3n) is 10.5. The molecule has 2 saturated heterocycles. The number of ether oxygens (including phenoxy) is 1. The Kier molecular flexibility index (Phi) is 8.25. The van der Waals surface area contributed by atoms with Gasteiger partial charge in [0, 0.05) is 28.4 Å². The summed E-state index contributed by atoms with van der Waals surface area (Å²) < 4.78 is 30.6. The van der Waals surface area contributed by atoms with Crippen molar-refractivity contribution in [3.63, 3.8) is 0 Å². The molecule has 0 aliphatic carbocycles. The van der Waals surface area contributed by atoms with E-state index < -0.39 is 23.1 Å². The first kappa shape index (κ1) is 33.5. The number of carbonyl (C=O) groups excluding carboxylic acids is 1. The van der Waals surface area contributed by atoms with E-state index >= 15 is 0 Å². The topological polar surface area (TPSA) is 87.9 Å². The minimum atomic E-state index is -2.80. The predicted molar refractivity (Wildman–Crippen MR) is 186 cm³/mol. The first-order valence-electron chi connectivity index (χ1n) is 16.7. The maximum Gasteiger partial charge on any atom is 0.349 e. The van der Waals surface area contributed by atoms with Crippen LogP contribution < -0.4 is 4.90 Å². The van der Waals surface area contributed by atoms with Crippen LogP contribution in [0.3, 0.4) is 0 Å². The first-order valence-corrected chi connectivity index (χ1v) is 21.5. The summed E-state index contributed by atoms with van der Waals surface area (Å²) in [6.45, 7) is 25.9. The molecule has 250 valence electrons. The van der Waals surface area contributed by atoms with Gasteiger partial charge in [-0.3, -0.25) is 9.69 Å². The number of amides is 1. The van der Waals surface area contributed by atoms with E-state index in [2.05, 4.69) is 86.2 Å². The number of aryl methyl sites for hydroxylation is 1. The molecule has 1 amide bonds. The van der Waals surface area contributed by atoms with Gasteiger partial charge in [-0.2, -0.15) is 0 Å². The summed E-state index contributed by atoms with van der Waals surface area (Å²) in [6.07, 6.45) is 3.93. The molecule has 0 bridgehead atoms. The Bertz CT molecular complexity index is 1590. The summed E-state index contributed by atoms with van der Waals surface area (Å²) in [6, 6.07) is 9.42. The second-order valence-corrected chi connectivity index (χ2v) is 26.3. The van der Waals surface area contributed by atoms with Crippen LogP contribution in [0.4, 0.5) is 5.82 Å². The molecular weight excluding hydrogens is 613 g/mol. The molecule has 1 aromatic carbocycles. The van der Waals surface area contributed by atoms with Crippen molar-refractivity contribution in [2.24, 2.45) is 0 Å². The second kappa shape index (κ2) is 11.3. The van der Waals surface area contributed by atoms with E-state index in [0.29, 0.717) is 24.5 Å². The quantitative estimate of drug-likeness (QED) is 0.263. The molecule has 6 rings (SSSR count). The molecule has 0 saturated carbocycles. The predicted octanol–water partition coefficient (Wildman–Crippen LogP) is 7.77. The lowest BCUT2D eigenvalue weighted by molar-refractivity contribution is -0.0794. The molecule has 0 spiro atoms. The Morgan fingerprint density at radius 2 is 1.67 bits per heavy atom. The largest absolute Gasteiger partial charge is 0.407 e. The summed E-state index contributed by atoms with van der Waals surface area (Å²) >= 11 is 0. The summed E-state index contributed by atoms with van der Waals surface area (Å²) in [5, 5.41) is 0.551. The van der Waals surface area contributed by atoms with E-state index in [0.717, 1.165) is 29.4 Å². The van der Waals surface area contributed by atoms with E-state index in [-0.39, 0.29) is 39.3 Å². The highest BCUT2D eigenvalue weighted by Gasteiger charge is 2.66. The van der Waals surface area contributed by atoms with Crippen molar-refractivity contribution in [2.75, 3.05) is 18.1 Å². The second-order valence-electron chi connectivity index (χ2n) is 16.8. The smallest absolute Gasteiger partial charge is 0.349 e. The van der Waals surface area contributed by atoms with Crippen molar-refractivity contribution in [1.29, 1.82) is 0 Å². The lowest BCUT2D eigenvalue weighted by Crippen LogP contribution is -2.66. The highest BCUT2D eigenvalue weighted by Crippen LogP contribution is 2.57. The number of hydrogen-bond donors (Lipinski definition) is 0. The van der Waals surface area contributed by atoms with Gasteiger partial charge in [0.2, 0.25) is 0 Å². The van der Waals surface area contributed by atoms with Crippen LogP contribution in [0.5, 0.6) is 0 Å². The lowest BCUT2D eigenvalue weighted by Gasteiger charge is -2.54. The molecule has 2 aromatic heterocycles. The van der Waals surface area contributed by atoms with Gasteiger partial charge >= 0.3 is 8.56 Å². The molecule has 5 heterocycles. The van der Waals surface area contributed by atoms with Crippen LogP contribution in [0.1, 0.15) is 90.9 Å². The molecule has 3 aliphatic heterocycles. The molecule has 46 heavy (non-hydrogen) atoms. The Balaban J connectivity index is 1.46. The number of fused-ring (bicyclic) bond motifs is 1. The van der Waals surface area contributed by atoms with Gasteiger partial charge in [0.05, 0.1) is 12.0 Å². The third kappa shape index (κ3) is 5.40.